The standard InChI is InChI=1S/C9H4FN5O4/c10-3-1-6-4(2-5(3)15(18)19)11-8(16)7-12-13-9(17)14(6)7/h1-2H,(H,11,16)(H,13,17). The Morgan fingerprint density at radius 1 is 1.37 bits per heavy atom. The molecule has 0 spiro atoms. The maximum absolute atomic E-state index is 13.6. The minimum atomic E-state index is -1.11. The number of nitro groups is 1. The number of nitrogens with one attached hydrogen (secondary N) is 2. The van der Waals surface area contributed by atoms with E-state index >= 15 is 0 Å². The lowest BCUT2D eigenvalue weighted by Gasteiger charge is -2.01. The van der Waals surface area contributed by atoms with E-state index in [1.54, 1.807) is 0 Å². The van der Waals surface area contributed by atoms with Gasteiger partial charge < -0.3 is 4.98 Å². The molecule has 0 radical (unpaired) electrons. The molecule has 0 aliphatic rings. The van der Waals surface area contributed by atoms with E-state index in [1.165, 1.54) is 0 Å². The Labute approximate surface area is 101 Å². The Morgan fingerprint density at radius 2 is 2.11 bits per heavy atom. The van der Waals surface area contributed by atoms with Crippen molar-refractivity contribution in [2.24, 2.45) is 0 Å². The maximum Gasteiger partial charge on any atom is 0.348 e. The van der Waals surface area contributed by atoms with Crippen molar-refractivity contribution in [3.8, 4) is 0 Å². The van der Waals surface area contributed by atoms with Crippen LogP contribution in [0, 0.1) is 15.9 Å². The third-order valence-electron chi connectivity index (χ3n) is 2.63. The van der Waals surface area contributed by atoms with E-state index in [0.717, 1.165) is 16.5 Å². The fourth-order valence-electron chi connectivity index (χ4n) is 1.83. The van der Waals surface area contributed by atoms with Crippen molar-refractivity contribution < 1.29 is 9.31 Å². The van der Waals surface area contributed by atoms with Crippen molar-refractivity contribution >= 4 is 22.4 Å². The molecule has 2 aromatic heterocycles. The Bertz CT molecular complexity index is 953. The SMILES string of the molecule is O=c1[nH]c2cc([N+](=O)[O-])c(F)cc2n2c(=O)[nH]nc12. The number of nitrogens with zero attached hydrogens (tertiary/aromatic N) is 3. The molecule has 0 unspecified atom stereocenters. The monoisotopic (exact) mass is 265 g/mol. The molecule has 0 saturated heterocycles. The average molecular weight is 265 g/mol. The number of aromatic amines is 2. The Kier molecular flexibility index (Phi) is 2.03. The van der Waals surface area contributed by atoms with Gasteiger partial charge in [-0.2, -0.15) is 4.39 Å². The number of rotatable bonds is 1. The average Bonchev–Trinajstić information content (AvgIpc) is 2.73. The van der Waals surface area contributed by atoms with E-state index in [2.05, 4.69) is 10.1 Å². The summed E-state index contributed by atoms with van der Waals surface area (Å²) in [4.78, 5) is 35.1. The molecule has 3 aromatic rings. The van der Waals surface area contributed by atoms with Crippen LogP contribution in [-0.4, -0.2) is 24.5 Å². The van der Waals surface area contributed by atoms with Crippen molar-refractivity contribution in [3.63, 3.8) is 0 Å². The van der Waals surface area contributed by atoms with Gasteiger partial charge in [0.1, 0.15) is 0 Å². The molecule has 0 aliphatic heterocycles. The normalized spacial score (nSPS) is 11.2. The van der Waals surface area contributed by atoms with E-state index in [4.69, 9.17) is 0 Å². The van der Waals surface area contributed by atoms with Crippen molar-refractivity contribution in [1.82, 2.24) is 19.6 Å². The summed E-state index contributed by atoms with van der Waals surface area (Å²) in [7, 11) is 0. The number of nitro benzene ring substituents is 1. The zero-order valence-corrected chi connectivity index (χ0v) is 9.01. The van der Waals surface area contributed by atoms with Gasteiger partial charge in [-0.15, -0.1) is 5.10 Å². The molecule has 0 bridgehead atoms. The number of aromatic nitrogens is 4. The third-order valence-corrected chi connectivity index (χ3v) is 2.63. The lowest BCUT2D eigenvalue weighted by atomic mass is 10.2. The first-order valence-corrected chi connectivity index (χ1v) is 4.96. The molecule has 1 aromatic carbocycles. The highest BCUT2D eigenvalue weighted by molar-refractivity contribution is 5.79. The van der Waals surface area contributed by atoms with Crippen LogP contribution >= 0.6 is 0 Å². The molecule has 2 N–H and O–H groups in total. The Hall–Kier alpha value is -3.04. The number of hydrogen-bond acceptors (Lipinski definition) is 5. The summed E-state index contributed by atoms with van der Waals surface area (Å²) in [6, 6.07) is 1.65. The highest BCUT2D eigenvalue weighted by Gasteiger charge is 2.18. The highest BCUT2D eigenvalue weighted by Crippen LogP contribution is 2.22. The lowest BCUT2D eigenvalue weighted by Crippen LogP contribution is -2.17. The molecule has 2 heterocycles. The first-order chi connectivity index (χ1) is 8.99. The molecule has 19 heavy (non-hydrogen) atoms. The minimum Gasteiger partial charge on any atom is -0.317 e. The van der Waals surface area contributed by atoms with Crippen molar-refractivity contribution in [2.75, 3.05) is 0 Å². The molecule has 9 nitrogen and oxygen atoms in total. The smallest absolute Gasteiger partial charge is 0.317 e. The van der Waals surface area contributed by atoms with Crippen LogP contribution in [0.2, 0.25) is 0 Å². The quantitative estimate of drug-likeness (QED) is 0.469. The Balaban J connectivity index is 2.61. The van der Waals surface area contributed by atoms with Crippen molar-refractivity contribution in [2.45, 2.75) is 0 Å². The van der Waals surface area contributed by atoms with Crippen LogP contribution in [0.1, 0.15) is 0 Å². The summed E-state index contributed by atoms with van der Waals surface area (Å²) in [5.74, 6) is -1.11. The van der Waals surface area contributed by atoms with Crippen LogP contribution in [0.5, 0.6) is 0 Å². The molecule has 0 aliphatic carbocycles. The fourth-order valence-corrected chi connectivity index (χ4v) is 1.83. The van der Waals surface area contributed by atoms with E-state index in [1.807, 2.05) is 5.10 Å². The van der Waals surface area contributed by atoms with Crippen LogP contribution in [0.3, 0.4) is 0 Å². The number of benzene rings is 1. The number of fused-ring (bicyclic) bond motifs is 3. The van der Waals surface area contributed by atoms with Crippen LogP contribution in [-0.2, 0) is 0 Å². The lowest BCUT2D eigenvalue weighted by molar-refractivity contribution is -0.387. The summed E-state index contributed by atoms with van der Waals surface area (Å²) in [6.07, 6.45) is 0. The number of hydrogen-bond donors (Lipinski definition) is 2. The molecule has 96 valence electrons. The van der Waals surface area contributed by atoms with Crippen LogP contribution in [0.15, 0.2) is 21.7 Å². The number of halogens is 1. The van der Waals surface area contributed by atoms with Gasteiger partial charge in [0.15, 0.2) is 0 Å². The van der Waals surface area contributed by atoms with Gasteiger partial charge in [0.2, 0.25) is 11.5 Å². The molecule has 0 atom stereocenters. The van der Waals surface area contributed by atoms with E-state index in [9.17, 15) is 24.1 Å². The molecular weight excluding hydrogens is 261 g/mol. The minimum absolute atomic E-state index is 0.0172. The zero-order valence-electron chi connectivity index (χ0n) is 9.01. The van der Waals surface area contributed by atoms with Gasteiger partial charge >= 0.3 is 11.4 Å². The largest absolute Gasteiger partial charge is 0.348 e. The first-order valence-electron chi connectivity index (χ1n) is 4.96. The summed E-state index contributed by atoms with van der Waals surface area (Å²) < 4.78 is 14.4. The van der Waals surface area contributed by atoms with Gasteiger partial charge in [-0.25, -0.2) is 14.3 Å². The molecule has 0 fully saturated rings. The van der Waals surface area contributed by atoms with Crippen LogP contribution in [0.4, 0.5) is 10.1 Å². The summed E-state index contributed by atoms with van der Waals surface area (Å²) in [6.45, 7) is 0. The number of H-pyrrole nitrogens is 2. The highest BCUT2D eigenvalue weighted by atomic mass is 19.1. The van der Waals surface area contributed by atoms with Gasteiger partial charge in [-0.05, 0) is 0 Å². The second-order valence-corrected chi connectivity index (χ2v) is 3.72. The summed E-state index contributed by atoms with van der Waals surface area (Å²) in [5, 5.41) is 16.1. The molecule has 0 saturated carbocycles. The third kappa shape index (κ3) is 1.43. The topological polar surface area (TPSA) is 126 Å². The zero-order chi connectivity index (χ0) is 13.7. The Morgan fingerprint density at radius 3 is 2.79 bits per heavy atom. The predicted octanol–water partition coefficient (Wildman–Crippen LogP) is -0.0886. The van der Waals surface area contributed by atoms with E-state index in [-0.39, 0.29) is 16.7 Å². The molecule has 0 amide bonds. The maximum atomic E-state index is 13.6. The van der Waals surface area contributed by atoms with Crippen LogP contribution < -0.4 is 11.2 Å². The molecular formula is C9H4FN5O4. The van der Waals surface area contributed by atoms with Gasteiger partial charge in [0.05, 0.1) is 16.0 Å². The second kappa shape index (κ2) is 3.48. The second-order valence-electron chi connectivity index (χ2n) is 3.72. The summed E-state index contributed by atoms with van der Waals surface area (Å²) >= 11 is 0. The van der Waals surface area contributed by atoms with Gasteiger partial charge in [-0.1, -0.05) is 0 Å². The van der Waals surface area contributed by atoms with Gasteiger partial charge in [0, 0.05) is 12.1 Å². The molecule has 3 rings (SSSR count). The predicted molar refractivity (Wildman–Crippen MR) is 60.6 cm³/mol. The molecule has 10 heteroatoms. The van der Waals surface area contributed by atoms with E-state index < -0.39 is 27.7 Å². The van der Waals surface area contributed by atoms with Crippen LogP contribution in [0.25, 0.3) is 16.7 Å². The first kappa shape index (κ1) is 11.1. The van der Waals surface area contributed by atoms with Gasteiger partial charge in [0.25, 0.3) is 5.56 Å². The van der Waals surface area contributed by atoms with E-state index in [0.29, 0.717) is 0 Å². The van der Waals surface area contributed by atoms with Crippen molar-refractivity contribution in [1.29, 1.82) is 0 Å². The fraction of sp³-hybridized carbons (Fsp3) is 0. The van der Waals surface area contributed by atoms with Gasteiger partial charge in [-0.3, -0.25) is 14.9 Å². The van der Waals surface area contributed by atoms with Crippen molar-refractivity contribution in [3.05, 3.63) is 48.9 Å². The summed E-state index contributed by atoms with van der Waals surface area (Å²) in [5.41, 5.74) is -2.54.